The van der Waals surface area contributed by atoms with Crippen molar-refractivity contribution in [2.24, 2.45) is 10.8 Å². The lowest BCUT2D eigenvalue weighted by Gasteiger charge is -2.37. The third-order valence-corrected chi connectivity index (χ3v) is 3.57. The predicted molar refractivity (Wildman–Crippen MR) is 74.4 cm³/mol. The minimum atomic E-state index is 0.519. The van der Waals surface area contributed by atoms with Crippen LogP contribution in [-0.2, 0) is 4.74 Å². The molecule has 1 aliphatic heterocycles. The molecule has 1 heterocycles. The molecule has 106 valence electrons. The van der Waals surface area contributed by atoms with Gasteiger partial charge in [-0.25, -0.2) is 10.8 Å². The number of methoxy groups -OCH3 is 1. The van der Waals surface area contributed by atoms with Crippen molar-refractivity contribution < 1.29 is 4.74 Å². The van der Waals surface area contributed by atoms with Crippen molar-refractivity contribution in [3.8, 4) is 0 Å². The first-order chi connectivity index (χ1) is 8.72. The molecule has 0 aromatic heterocycles. The van der Waals surface area contributed by atoms with E-state index < -0.39 is 0 Å². The van der Waals surface area contributed by atoms with Crippen LogP contribution in [0.4, 0.5) is 0 Å². The fourth-order valence-corrected chi connectivity index (χ4v) is 2.30. The number of likely N-dealkylation sites (tertiary alicyclic amines) is 1. The first-order valence-corrected chi connectivity index (χ1v) is 6.68. The number of hydrogen-bond donors (Lipinski definition) is 2. The second kappa shape index (κ2) is 8.29. The maximum absolute atomic E-state index is 5.54. The molecule has 0 amide bonds. The van der Waals surface area contributed by atoms with E-state index in [1.807, 2.05) is 0 Å². The van der Waals surface area contributed by atoms with Gasteiger partial charge in [-0.15, -0.1) is 0 Å². The largest absolute Gasteiger partial charge is 0.383 e. The normalized spacial score (nSPS) is 19.0. The van der Waals surface area contributed by atoms with Crippen LogP contribution >= 0.6 is 0 Å². The smallest absolute Gasteiger partial charge is 0.208 e. The number of guanidine groups is 1. The standard InChI is InChI=1S/C12H27N5O/c1-4-17-8-5-11(6-9-17)16(2)12(15-13)14-7-10-18-3/h11H,4-10,13H2,1-3H3,(H,14,15). The second-order valence-corrected chi connectivity index (χ2v) is 4.62. The van der Waals surface area contributed by atoms with Crippen LogP contribution in [0.25, 0.3) is 0 Å². The summed E-state index contributed by atoms with van der Waals surface area (Å²) in [6.45, 7) is 6.91. The molecule has 1 rings (SSSR count). The Morgan fingerprint density at radius 3 is 2.67 bits per heavy atom. The van der Waals surface area contributed by atoms with Gasteiger partial charge in [0.2, 0.25) is 5.96 Å². The van der Waals surface area contributed by atoms with Crippen LogP contribution in [0.15, 0.2) is 4.99 Å². The Morgan fingerprint density at radius 2 is 2.17 bits per heavy atom. The summed E-state index contributed by atoms with van der Waals surface area (Å²) in [4.78, 5) is 9.04. The Balaban J connectivity index is 2.46. The lowest BCUT2D eigenvalue weighted by molar-refractivity contribution is 0.169. The molecule has 3 N–H and O–H groups in total. The van der Waals surface area contributed by atoms with Gasteiger partial charge in [0.25, 0.3) is 0 Å². The summed E-state index contributed by atoms with van der Waals surface area (Å²) < 4.78 is 4.99. The Bertz CT molecular complexity index is 251. The van der Waals surface area contributed by atoms with Crippen LogP contribution < -0.4 is 11.3 Å². The van der Waals surface area contributed by atoms with Gasteiger partial charge in [-0.1, -0.05) is 6.92 Å². The average molecular weight is 257 g/mol. The summed E-state index contributed by atoms with van der Waals surface area (Å²) in [5.74, 6) is 6.29. The Morgan fingerprint density at radius 1 is 1.50 bits per heavy atom. The molecule has 0 aromatic rings. The number of nitrogens with one attached hydrogen (secondary N) is 1. The third kappa shape index (κ3) is 4.44. The van der Waals surface area contributed by atoms with E-state index in [4.69, 9.17) is 10.6 Å². The third-order valence-electron chi connectivity index (χ3n) is 3.57. The zero-order chi connectivity index (χ0) is 13.4. The van der Waals surface area contributed by atoms with Gasteiger partial charge >= 0.3 is 0 Å². The van der Waals surface area contributed by atoms with Crippen molar-refractivity contribution in [1.29, 1.82) is 0 Å². The van der Waals surface area contributed by atoms with Crippen molar-refractivity contribution in [1.82, 2.24) is 15.2 Å². The van der Waals surface area contributed by atoms with E-state index in [0.717, 1.165) is 38.4 Å². The van der Waals surface area contributed by atoms with Crippen molar-refractivity contribution in [3.63, 3.8) is 0 Å². The molecule has 18 heavy (non-hydrogen) atoms. The molecular weight excluding hydrogens is 230 g/mol. The number of hydrazine groups is 1. The fourth-order valence-electron chi connectivity index (χ4n) is 2.30. The highest BCUT2D eigenvalue weighted by molar-refractivity contribution is 5.79. The van der Waals surface area contributed by atoms with Crippen LogP contribution in [0.3, 0.4) is 0 Å². The zero-order valence-electron chi connectivity index (χ0n) is 11.9. The SMILES string of the molecule is CCN1CCC(N(C)C(=NCCOC)NN)CC1. The van der Waals surface area contributed by atoms with Crippen LogP contribution in [0, 0.1) is 0 Å². The number of hydrogen-bond acceptors (Lipinski definition) is 4. The van der Waals surface area contributed by atoms with E-state index in [1.54, 1.807) is 7.11 Å². The Labute approximate surface area is 110 Å². The van der Waals surface area contributed by atoms with Crippen LogP contribution in [-0.4, -0.2) is 68.7 Å². The number of aliphatic imine (C=N–C) groups is 1. The molecule has 0 saturated carbocycles. The second-order valence-electron chi connectivity index (χ2n) is 4.62. The Kier molecular flexibility index (Phi) is 7.00. The van der Waals surface area contributed by atoms with Crippen LogP contribution in [0.1, 0.15) is 19.8 Å². The molecule has 1 aliphatic rings. The molecule has 6 nitrogen and oxygen atoms in total. The maximum Gasteiger partial charge on any atom is 0.208 e. The topological polar surface area (TPSA) is 66.1 Å². The van der Waals surface area contributed by atoms with Gasteiger partial charge in [0.15, 0.2) is 0 Å². The molecule has 0 atom stereocenters. The highest BCUT2D eigenvalue weighted by atomic mass is 16.5. The summed E-state index contributed by atoms with van der Waals surface area (Å²) in [6.07, 6.45) is 2.32. The molecule has 0 radical (unpaired) electrons. The van der Waals surface area contributed by atoms with E-state index in [9.17, 15) is 0 Å². The van der Waals surface area contributed by atoms with E-state index in [-0.39, 0.29) is 0 Å². The lowest BCUT2D eigenvalue weighted by atomic mass is 10.0. The summed E-state index contributed by atoms with van der Waals surface area (Å²) >= 11 is 0. The number of nitrogens with two attached hydrogens (primary N) is 1. The van der Waals surface area contributed by atoms with E-state index in [2.05, 4.69) is 34.2 Å². The number of rotatable bonds is 5. The van der Waals surface area contributed by atoms with Crippen molar-refractivity contribution >= 4 is 5.96 Å². The maximum atomic E-state index is 5.54. The molecule has 0 unspecified atom stereocenters. The summed E-state index contributed by atoms with van der Waals surface area (Å²) in [7, 11) is 3.73. The van der Waals surface area contributed by atoms with Gasteiger partial charge in [-0.3, -0.25) is 5.43 Å². The minimum Gasteiger partial charge on any atom is -0.383 e. The summed E-state index contributed by atoms with van der Waals surface area (Å²) in [6, 6.07) is 0.519. The molecule has 1 saturated heterocycles. The summed E-state index contributed by atoms with van der Waals surface area (Å²) in [5, 5.41) is 0. The first kappa shape index (κ1) is 15.2. The quantitative estimate of drug-likeness (QED) is 0.236. The number of piperidine rings is 1. The first-order valence-electron chi connectivity index (χ1n) is 6.68. The Hall–Kier alpha value is -0.850. The molecule has 6 heteroatoms. The monoisotopic (exact) mass is 257 g/mol. The van der Waals surface area contributed by atoms with E-state index in [1.165, 1.54) is 0 Å². The highest BCUT2D eigenvalue weighted by Gasteiger charge is 2.23. The molecule has 0 aliphatic carbocycles. The van der Waals surface area contributed by atoms with Crippen LogP contribution in [0.2, 0.25) is 0 Å². The average Bonchev–Trinajstić information content (AvgIpc) is 2.43. The van der Waals surface area contributed by atoms with Gasteiger partial charge in [0.1, 0.15) is 0 Å². The van der Waals surface area contributed by atoms with Gasteiger partial charge in [0.05, 0.1) is 13.2 Å². The zero-order valence-corrected chi connectivity index (χ0v) is 11.9. The number of nitrogens with zero attached hydrogens (tertiary/aromatic N) is 3. The lowest BCUT2D eigenvalue weighted by Crippen LogP contribution is -2.51. The molecule has 0 spiro atoms. The van der Waals surface area contributed by atoms with Crippen molar-refractivity contribution in [3.05, 3.63) is 0 Å². The fraction of sp³-hybridized carbons (Fsp3) is 0.917. The van der Waals surface area contributed by atoms with Crippen molar-refractivity contribution in [2.75, 3.05) is 46.9 Å². The predicted octanol–water partition coefficient (Wildman–Crippen LogP) is -0.132. The molecule has 0 aromatic carbocycles. The van der Waals surface area contributed by atoms with Gasteiger partial charge < -0.3 is 14.5 Å². The highest BCUT2D eigenvalue weighted by Crippen LogP contribution is 2.14. The molecular formula is C12H27N5O. The molecule has 1 fully saturated rings. The van der Waals surface area contributed by atoms with Crippen LogP contribution in [0.5, 0.6) is 0 Å². The van der Waals surface area contributed by atoms with E-state index in [0.29, 0.717) is 19.2 Å². The van der Waals surface area contributed by atoms with Gasteiger partial charge in [-0.05, 0) is 19.4 Å². The van der Waals surface area contributed by atoms with E-state index >= 15 is 0 Å². The molecule has 0 bridgehead atoms. The number of ether oxygens (including phenoxy) is 1. The van der Waals surface area contributed by atoms with Gasteiger partial charge in [0, 0.05) is 33.3 Å². The minimum absolute atomic E-state index is 0.519. The van der Waals surface area contributed by atoms with Gasteiger partial charge in [-0.2, -0.15) is 0 Å². The summed E-state index contributed by atoms with van der Waals surface area (Å²) in [5.41, 5.74) is 2.69. The van der Waals surface area contributed by atoms with Crippen molar-refractivity contribution in [2.45, 2.75) is 25.8 Å².